The molecule has 3 aliphatic rings. The molecule has 18 heavy (non-hydrogen) atoms. The summed E-state index contributed by atoms with van der Waals surface area (Å²) in [4.78, 5) is 0. The molecule has 0 aliphatic carbocycles. The van der Waals surface area contributed by atoms with Crippen LogP contribution >= 0.6 is 0 Å². The van der Waals surface area contributed by atoms with Gasteiger partial charge in [0.2, 0.25) is 5.79 Å². The fraction of sp³-hybridized carbons (Fsp3) is 0.467. The van der Waals surface area contributed by atoms with Crippen molar-refractivity contribution in [1.82, 2.24) is 0 Å². The molecule has 0 amide bonds. The van der Waals surface area contributed by atoms with Crippen LogP contribution in [0.4, 0.5) is 0 Å². The Kier molecular flexibility index (Phi) is 2.19. The van der Waals surface area contributed by atoms with Gasteiger partial charge in [0.05, 0.1) is 6.61 Å². The molecule has 2 saturated heterocycles. The smallest absolute Gasteiger partial charge is 0.208 e. The normalized spacial score (nSPS) is 41.6. The Morgan fingerprint density at radius 1 is 1.22 bits per heavy atom. The fourth-order valence-electron chi connectivity index (χ4n) is 3.40. The van der Waals surface area contributed by atoms with Crippen molar-refractivity contribution in [2.45, 2.75) is 31.5 Å². The van der Waals surface area contributed by atoms with E-state index in [9.17, 15) is 0 Å². The third-order valence-electron chi connectivity index (χ3n) is 4.21. The first-order valence-electron chi connectivity index (χ1n) is 6.50. The van der Waals surface area contributed by atoms with E-state index >= 15 is 0 Å². The maximum absolute atomic E-state index is 6.03. The topological polar surface area (TPSA) is 27.7 Å². The molecule has 0 radical (unpaired) electrons. The van der Waals surface area contributed by atoms with Crippen molar-refractivity contribution in [2.24, 2.45) is 5.92 Å². The van der Waals surface area contributed by atoms with Crippen LogP contribution in [-0.4, -0.2) is 18.7 Å². The van der Waals surface area contributed by atoms with Gasteiger partial charge in [-0.15, -0.1) is 0 Å². The average Bonchev–Trinajstić information content (AvgIpc) is 2.95. The maximum atomic E-state index is 6.03. The second-order valence-electron chi connectivity index (χ2n) is 5.23. The van der Waals surface area contributed by atoms with Gasteiger partial charge >= 0.3 is 0 Å². The Bertz CT molecular complexity index is 496. The molecular weight excluding hydrogens is 228 g/mol. The molecule has 3 heterocycles. The summed E-state index contributed by atoms with van der Waals surface area (Å²) in [6.45, 7) is 2.90. The van der Waals surface area contributed by atoms with Crippen molar-refractivity contribution in [3.63, 3.8) is 0 Å². The summed E-state index contributed by atoms with van der Waals surface area (Å²) < 4.78 is 18.0. The van der Waals surface area contributed by atoms with Crippen LogP contribution in [0.1, 0.15) is 25.0 Å². The Morgan fingerprint density at radius 3 is 2.89 bits per heavy atom. The lowest BCUT2D eigenvalue weighted by Gasteiger charge is -2.35. The Labute approximate surface area is 106 Å². The van der Waals surface area contributed by atoms with E-state index in [-0.39, 0.29) is 12.4 Å². The molecule has 0 saturated carbocycles. The fourth-order valence-corrected chi connectivity index (χ4v) is 3.40. The molecule has 4 rings (SSSR count). The zero-order valence-corrected chi connectivity index (χ0v) is 10.3. The van der Waals surface area contributed by atoms with Gasteiger partial charge in [-0.25, -0.2) is 0 Å². The number of benzene rings is 1. The minimum atomic E-state index is -0.592. The average molecular weight is 244 g/mol. The zero-order chi connectivity index (χ0) is 12.2. The Balaban J connectivity index is 1.80. The molecule has 3 nitrogen and oxygen atoms in total. The van der Waals surface area contributed by atoms with Crippen molar-refractivity contribution in [2.75, 3.05) is 6.61 Å². The molecule has 0 unspecified atom stereocenters. The summed E-state index contributed by atoms with van der Waals surface area (Å²) in [7, 11) is 0. The second-order valence-corrected chi connectivity index (χ2v) is 5.23. The van der Waals surface area contributed by atoms with E-state index in [0.717, 1.165) is 18.6 Å². The van der Waals surface area contributed by atoms with Crippen molar-refractivity contribution < 1.29 is 14.2 Å². The Morgan fingerprint density at radius 2 is 2.06 bits per heavy atom. The van der Waals surface area contributed by atoms with Crippen LogP contribution in [0.15, 0.2) is 42.0 Å². The van der Waals surface area contributed by atoms with Crippen LogP contribution in [0.3, 0.4) is 0 Å². The monoisotopic (exact) mass is 244 g/mol. The van der Waals surface area contributed by atoms with Gasteiger partial charge in [0.1, 0.15) is 6.10 Å². The molecule has 4 atom stereocenters. The number of hydrogen-bond acceptors (Lipinski definition) is 3. The predicted molar refractivity (Wildman–Crippen MR) is 65.7 cm³/mol. The van der Waals surface area contributed by atoms with Crippen LogP contribution in [0.25, 0.3) is 0 Å². The molecule has 1 spiro atoms. The molecule has 94 valence electrons. The number of hydrogen-bond donors (Lipinski definition) is 0. The number of ether oxygens (including phenoxy) is 3. The largest absolute Gasteiger partial charge is 0.347 e. The third-order valence-corrected chi connectivity index (χ3v) is 4.21. The van der Waals surface area contributed by atoms with Crippen LogP contribution in [0.2, 0.25) is 0 Å². The van der Waals surface area contributed by atoms with Gasteiger partial charge in [-0.05, 0) is 25.0 Å². The predicted octanol–water partition coefficient (Wildman–Crippen LogP) is 2.79. The van der Waals surface area contributed by atoms with Gasteiger partial charge in [0.15, 0.2) is 6.29 Å². The van der Waals surface area contributed by atoms with Gasteiger partial charge in [0, 0.05) is 5.92 Å². The molecule has 1 aromatic rings. The van der Waals surface area contributed by atoms with Gasteiger partial charge < -0.3 is 14.2 Å². The Hall–Kier alpha value is -1.16. The van der Waals surface area contributed by atoms with Crippen LogP contribution in [0, 0.1) is 5.92 Å². The third kappa shape index (κ3) is 1.30. The SMILES string of the molecule is CC1=C[C@@H]2O[C@H](c3ccccc3)[C@@]3(OCC[C@@H]13)O2. The van der Waals surface area contributed by atoms with Crippen LogP contribution in [-0.2, 0) is 14.2 Å². The van der Waals surface area contributed by atoms with E-state index in [1.165, 1.54) is 5.57 Å². The molecule has 3 aliphatic heterocycles. The standard InChI is InChI=1S/C15H16O3/c1-10-9-13-17-14(11-5-3-2-4-6-11)15(18-13)12(10)7-8-16-15/h2-6,9,12-14H,7-8H2,1H3/t12-,13+,14+,15-/m0/s1. The summed E-state index contributed by atoms with van der Waals surface area (Å²) in [5.41, 5.74) is 2.47. The lowest BCUT2D eigenvalue weighted by atomic mass is 9.84. The van der Waals surface area contributed by atoms with Gasteiger partial charge in [0.25, 0.3) is 0 Å². The van der Waals surface area contributed by atoms with E-state index in [2.05, 4.69) is 25.1 Å². The summed E-state index contributed by atoms with van der Waals surface area (Å²) in [6.07, 6.45) is 2.72. The first-order valence-corrected chi connectivity index (χ1v) is 6.50. The molecule has 2 fully saturated rings. The molecule has 2 bridgehead atoms. The van der Waals surface area contributed by atoms with E-state index in [4.69, 9.17) is 14.2 Å². The lowest BCUT2D eigenvalue weighted by molar-refractivity contribution is -0.221. The van der Waals surface area contributed by atoms with E-state index in [0.29, 0.717) is 5.92 Å². The van der Waals surface area contributed by atoms with Gasteiger partial charge in [-0.3, -0.25) is 0 Å². The van der Waals surface area contributed by atoms with Crippen molar-refractivity contribution in [3.8, 4) is 0 Å². The highest BCUT2D eigenvalue weighted by Crippen LogP contribution is 2.55. The second kappa shape index (κ2) is 3.67. The van der Waals surface area contributed by atoms with E-state index < -0.39 is 5.79 Å². The summed E-state index contributed by atoms with van der Waals surface area (Å²) in [5.74, 6) is -0.272. The molecule has 3 heteroatoms. The van der Waals surface area contributed by atoms with E-state index in [1.807, 2.05) is 18.2 Å². The summed E-state index contributed by atoms with van der Waals surface area (Å²) in [6, 6.07) is 10.2. The molecule has 1 aromatic carbocycles. The minimum Gasteiger partial charge on any atom is -0.347 e. The van der Waals surface area contributed by atoms with Crippen molar-refractivity contribution in [3.05, 3.63) is 47.5 Å². The zero-order valence-electron chi connectivity index (χ0n) is 10.3. The number of rotatable bonds is 1. The molecule has 0 aromatic heterocycles. The highest BCUT2D eigenvalue weighted by atomic mass is 16.8. The molecular formula is C15H16O3. The maximum Gasteiger partial charge on any atom is 0.208 e. The van der Waals surface area contributed by atoms with Gasteiger partial charge in [-0.2, -0.15) is 0 Å². The minimum absolute atomic E-state index is 0.120. The quantitative estimate of drug-likeness (QED) is 0.711. The van der Waals surface area contributed by atoms with Gasteiger partial charge in [-0.1, -0.05) is 35.9 Å². The van der Waals surface area contributed by atoms with Crippen LogP contribution < -0.4 is 0 Å². The van der Waals surface area contributed by atoms with Crippen LogP contribution in [0.5, 0.6) is 0 Å². The van der Waals surface area contributed by atoms with Crippen molar-refractivity contribution in [1.29, 1.82) is 0 Å². The highest BCUT2D eigenvalue weighted by molar-refractivity contribution is 5.27. The first kappa shape index (κ1) is 10.7. The summed E-state index contributed by atoms with van der Waals surface area (Å²) in [5, 5.41) is 0. The summed E-state index contributed by atoms with van der Waals surface area (Å²) >= 11 is 0. The van der Waals surface area contributed by atoms with E-state index in [1.54, 1.807) is 0 Å². The highest BCUT2D eigenvalue weighted by Gasteiger charge is 2.61. The first-order chi connectivity index (χ1) is 8.79. The molecule has 0 N–H and O–H groups in total. The lowest BCUT2D eigenvalue weighted by Crippen LogP contribution is -2.42. The van der Waals surface area contributed by atoms with Crippen molar-refractivity contribution >= 4 is 0 Å². The number of fused-ring (bicyclic) bond motifs is 1.